The van der Waals surface area contributed by atoms with Crippen LogP contribution in [0.4, 0.5) is 39.3 Å². The van der Waals surface area contributed by atoms with Crippen molar-refractivity contribution in [1.29, 1.82) is 0 Å². The number of ether oxygens (including phenoxy) is 1. The number of amides is 1. The summed E-state index contributed by atoms with van der Waals surface area (Å²) in [5, 5.41) is 3.46. The van der Waals surface area contributed by atoms with Crippen LogP contribution in [0.1, 0.15) is 18.9 Å². The zero-order valence-corrected chi connectivity index (χ0v) is 21.5. The van der Waals surface area contributed by atoms with Crippen LogP contribution < -0.4 is 14.4 Å². The second-order valence-electron chi connectivity index (χ2n) is 8.12. The van der Waals surface area contributed by atoms with Gasteiger partial charge in [0.05, 0.1) is 18.4 Å². The van der Waals surface area contributed by atoms with Gasteiger partial charge < -0.3 is 9.26 Å². The van der Waals surface area contributed by atoms with E-state index in [-0.39, 0.29) is 45.5 Å². The van der Waals surface area contributed by atoms with Crippen LogP contribution in [-0.2, 0) is 21.0 Å². The van der Waals surface area contributed by atoms with Crippen LogP contribution in [-0.4, -0.2) is 31.6 Å². The molecular weight excluding hydrogens is 563 g/mol. The van der Waals surface area contributed by atoms with Gasteiger partial charge in [-0.05, 0) is 35.9 Å². The van der Waals surface area contributed by atoms with Crippen molar-refractivity contribution in [2.75, 3.05) is 16.7 Å². The summed E-state index contributed by atoms with van der Waals surface area (Å²) in [6, 6.07) is 7.57. The van der Waals surface area contributed by atoms with Crippen LogP contribution in [0, 0.1) is 11.6 Å². The number of aromatic nitrogens is 2. The van der Waals surface area contributed by atoms with Crippen molar-refractivity contribution < 1.29 is 44.4 Å². The van der Waals surface area contributed by atoms with Gasteiger partial charge in [-0.2, -0.15) is 13.2 Å². The second kappa shape index (κ2) is 10.9. The molecule has 4 rings (SSSR count). The second-order valence-corrected chi connectivity index (χ2v) is 9.80. The molecule has 40 heavy (non-hydrogen) atoms. The number of benzene rings is 2. The van der Waals surface area contributed by atoms with Crippen LogP contribution in [0.3, 0.4) is 0 Å². The van der Waals surface area contributed by atoms with Crippen LogP contribution in [0.25, 0.3) is 11.1 Å². The average molecular weight is 583 g/mol. The van der Waals surface area contributed by atoms with Gasteiger partial charge in [0.1, 0.15) is 34.4 Å². The predicted octanol–water partition coefficient (Wildman–Crippen LogP) is 5.92. The van der Waals surface area contributed by atoms with Crippen molar-refractivity contribution in [3.05, 3.63) is 78.2 Å². The number of alkyl halides is 3. The van der Waals surface area contributed by atoms with E-state index in [0.29, 0.717) is 12.1 Å². The molecule has 0 spiro atoms. The first-order valence-corrected chi connectivity index (χ1v) is 12.8. The van der Waals surface area contributed by atoms with Gasteiger partial charge in [0.15, 0.2) is 5.82 Å². The number of methoxy groups -OCH3 is 1. The smallest absolute Gasteiger partial charge is 0.419 e. The third-order valence-electron chi connectivity index (χ3n) is 5.58. The summed E-state index contributed by atoms with van der Waals surface area (Å²) in [5.41, 5.74) is -2.36. The lowest BCUT2D eigenvalue weighted by molar-refractivity contribution is -0.140. The largest absolute Gasteiger partial charge is 0.495 e. The van der Waals surface area contributed by atoms with Crippen molar-refractivity contribution in [1.82, 2.24) is 10.1 Å². The number of halogens is 5. The molecule has 4 aromatic rings. The quantitative estimate of drug-likeness (QED) is 0.257. The van der Waals surface area contributed by atoms with Gasteiger partial charge in [-0.15, -0.1) is 0 Å². The minimum Gasteiger partial charge on any atom is -0.495 e. The Morgan fingerprint density at radius 3 is 2.40 bits per heavy atom. The van der Waals surface area contributed by atoms with E-state index in [4.69, 9.17) is 4.74 Å². The first-order valence-electron chi connectivity index (χ1n) is 11.3. The fourth-order valence-electron chi connectivity index (χ4n) is 3.68. The van der Waals surface area contributed by atoms with Crippen molar-refractivity contribution in [2.24, 2.45) is 0 Å². The molecule has 0 atom stereocenters. The maximum absolute atomic E-state index is 15.3. The number of sulfonamides is 1. The topological polar surface area (TPSA) is 115 Å². The van der Waals surface area contributed by atoms with Crippen molar-refractivity contribution in [3.8, 4) is 16.9 Å². The summed E-state index contributed by atoms with van der Waals surface area (Å²) in [5.74, 6) is -3.44. The van der Waals surface area contributed by atoms with Crippen molar-refractivity contribution in [2.45, 2.75) is 24.4 Å². The van der Waals surface area contributed by atoms with E-state index in [1.165, 1.54) is 26.2 Å². The van der Waals surface area contributed by atoms with Gasteiger partial charge in [-0.3, -0.25) is 14.4 Å². The highest BCUT2D eigenvalue weighted by molar-refractivity contribution is 7.92. The van der Waals surface area contributed by atoms with Crippen LogP contribution in [0.5, 0.6) is 5.75 Å². The summed E-state index contributed by atoms with van der Waals surface area (Å²) in [7, 11) is -2.92. The minimum atomic E-state index is -5.01. The Hall–Kier alpha value is -4.53. The molecule has 210 valence electrons. The fraction of sp³-hybridized carbons (Fsp3) is 0.160. The average Bonchev–Trinajstić information content (AvgIpc) is 3.41. The van der Waals surface area contributed by atoms with E-state index >= 15 is 4.39 Å². The molecule has 0 radical (unpaired) electrons. The molecule has 9 nitrogen and oxygen atoms in total. The Balaban J connectivity index is 1.76. The Bertz CT molecular complexity index is 1640. The Kier molecular flexibility index (Phi) is 7.77. The highest BCUT2D eigenvalue weighted by Crippen LogP contribution is 2.41. The summed E-state index contributed by atoms with van der Waals surface area (Å²) in [4.78, 5) is 17.7. The number of carbonyl (C=O) groups is 1. The predicted molar refractivity (Wildman–Crippen MR) is 132 cm³/mol. The monoisotopic (exact) mass is 582 g/mol. The summed E-state index contributed by atoms with van der Waals surface area (Å²) >= 11 is 0. The number of carbonyl (C=O) groups excluding carboxylic acids is 1. The highest BCUT2D eigenvalue weighted by atomic mass is 32.2. The SMILES string of the molecule is CCC(=O)N(c1ccc(S(=O)(=O)Nc2ccon2)cn1)c1cc(F)c(-c2ccc(F)c(C(F)(F)F)c2)cc1OC. The number of anilines is 3. The molecule has 15 heteroatoms. The molecule has 1 amide bonds. The zero-order valence-electron chi connectivity index (χ0n) is 20.7. The van der Waals surface area contributed by atoms with E-state index in [9.17, 15) is 30.8 Å². The molecule has 0 aliphatic rings. The Morgan fingerprint density at radius 2 is 1.82 bits per heavy atom. The van der Waals surface area contributed by atoms with Gasteiger partial charge in [0.2, 0.25) is 5.91 Å². The number of pyridine rings is 1. The molecule has 2 aromatic heterocycles. The van der Waals surface area contributed by atoms with E-state index < -0.39 is 39.3 Å². The number of hydrogen-bond donors (Lipinski definition) is 1. The maximum atomic E-state index is 15.3. The molecule has 2 aromatic carbocycles. The maximum Gasteiger partial charge on any atom is 0.419 e. The molecule has 0 saturated heterocycles. The first-order chi connectivity index (χ1) is 18.9. The normalized spacial score (nSPS) is 11.8. The van der Waals surface area contributed by atoms with Crippen molar-refractivity contribution >= 4 is 33.3 Å². The van der Waals surface area contributed by atoms with Gasteiger partial charge >= 0.3 is 6.18 Å². The number of hydrogen-bond acceptors (Lipinski definition) is 7. The lowest BCUT2D eigenvalue weighted by Crippen LogP contribution is -2.26. The lowest BCUT2D eigenvalue weighted by atomic mass is 10.0. The molecule has 0 fully saturated rings. The van der Waals surface area contributed by atoms with Gasteiger partial charge in [0.25, 0.3) is 10.0 Å². The Morgan fingerprint density at radius 1 is 1.07 bits per heavy atom. The summed E-state index contributed by atoms with van der Waals surface area (Å²) in [6.07, 6.45) is -2.98. The van der Waals surface area contributed by atoms with Crippen LogP contribution in [0.15, 0.2) is 70.4 Å². The first kappa shape index (κ1) is 28.5. The Labute approximate surface area is 224 Å². The molecule has 0 unspecified atom stereocenters. The minimum absolute atomic E-state index is 0.0734. The molecule has 0 saturated carbocycles. The number of nitrogens with one attached hydrogen (secondary N) is 1. The van der Waals surface area contributed by atoms with Crippen LogP contribution >= 0.6 is 0 Å². The standard InChI is InChI=1S/C25H19F5N4O5S/c1-3-24(35)34(23-7-5-15(13-31-23)40(36,37)33-22-8-9-39-32-22)20-12-19(27)16(11-21(20)38-2)14-4-6-18(26)17(10-14)25(28,29)30/h4-13H,3H2,1-2H3,(H,32,33). The third kappa shape index (κ3) is 5.73. The van der Waals surface area contributed by atoms with Gasteiger partial charge in [-0.1, -0.05) is 18.1 Å². The molecule has 1 N–H and O–H groups in total. The van der Waals surface area contributed by atoms with Gasteiger partial charge in [0, 0.05) is 30.3 Å². The van der Waals surface area contributed by atoms with E-state index in [1.807, 2.05) is 0 Å². The van der Waals surface area contributed by atoms with E-state index in [0.717, 1.165) is 41.6 Å². The van der Waals surface area contributed by atoms with Crippen molar-refractivity contribution in [3.63, 3.8) is 0 Å². The summed E-state index contributed by atoms with van der Waals surface area (Å²) < 4.78 is 106. The van der Waals surface area contributed by atoms with Crippen LogP contribution in [0.2, 0.25) is 0 Å². The van der Waals surface area contributed by atoms with E-state index in [2.05, 4.69) is 19.4 Å². The summed E-state index contributed by atoms with van der Waals surface area (Å²) in [6.45, 7) is 1.52. The fourth-order valence-corrected chi connectivity index (χ4v) is 4.62. The number of rotatable bonds is 8. The lowest BCUT2D eigenvalue weighted by Gasteiger charge is -2.24. The zero-order chi connectivity index (χ0) is 29.2. The molecular formula is C25H19F5N4O5S. The molecule has 0 aliphatic heterocycles. The van der Waals surface area contributed by atoms with Gasteiger partial charge in [-0.25, -0.2) is 22.2 Å². The highest BCUT2D eigenvalue weighted by Gasteiger charge is 2.34. The molecule has 0 aliphatic carbocycles. The number of nitrogens with zero attached hydrogens (tertiary/aromatic N) is 3. The molecule has 0 bridgehead atoms. The third-order valence-corrected chi connectivity index (χ3v) is 6.92. The molecule has 2 heterocycles. The van der Waals surface area contributed by atoms with E-state index in [1.54, 1.807) is 0 Å².